The van der Waals surface area contributed by atoms with Crippen molar-refractivity contribution in [1.82, 2.24) is 10.1 Å². The zero-order valence-corrected chi connectivity index (χ0v) is 14.1. The molecule has 1 aliphatic rings. The molecule has 0 amide bonds. The summed E-state index contributed by atoms with van der Waals surface area (Å²) in [5.74, 6) is 2.09. The lowest BCUT2D eigenvalue weighted by molar-refractivity contribution is 0.425. The number of nitrogens with two attached hydrogens (primary N) is 1. The predicted molar refractivity (Wildman–Crippen MR) is 90.0 cm³/mol. The number of thioether (sulfide) groups is 1. The fourth-order valence-electron chi connectivity index (χ4n) is 2.55. The second kappa shape index (κ2) is 6.83. The molecule has 0 saturated heterocycles. The molecule has 0 radical (unpaired) electrons. The number of halogens is 1. The van der Waals surface area contributed by atoms with E-state index < -0.39 is 0 Å². The second-order valence-electron chi connectivity index (χ2n) is 5.33. The Kier molecular flexibility index (Phi) is 4.85. The van der Waals surface area contributed by atoms with Crippen molar-refractivity contribution in [2.24, 2.45) is 0 Å². The number of hydrogen-bond donors (Lipinski definition) is 1. The summed E-state index contributed by atoms with van der Waals surface area (Å²) in [7, 11) is 0. The van der Waals surface area contributed by atoms with E-state index in [9.17, 15) is 0 Å². The smallest absolute Gasteiger partial charge is 0.259 e. The van der Waals surface area contributed by atoms with E-state index in [0.29, 0.717) is 11.6 Å². The summed E-state index contributed by atoms with van der Waals surface area (Å²) in [5.41, 5.74) is 7.34. The molecule has 2 aromatic rings. The number of nitrogen functional groups attached to an aromatic ring is 1. The van der Waals surface area contributed by atoms with Gasteiger partial charge < -0.3 is 10.3 Å². The third kappa shape index (κ3) is 3.80. The first kappa shape index (κ1) is 14.9. The fraction of sp³-hybridized carbons (Fsp3) is 0.467. The average Bonchev–Trinajstić information content (AvgIpc) is 2.97. The van der Waals surface area contributed by atoms with Crippen LogP contribution in [0, 0.1) is 0 Å². The van der Waals surface area contributed by atoms with Crippen LogP contribution >= 0.6 is 27.7 Å². The van der Waals surface area contributed by atoms with Gasteiger partial charge in [0.1, 0.15) is 0 Å². The summed E-state index contributed by atoms with van der Waals surface area (Å²) < 4.78 is 6.28. The Morgan fingerprint density at radius 2 is 2.10 bits per heavy atom. The molecule has 0 aliphatic heterocycles. The van der Waals surface area contributed by atoms with Crippen LogP contribution in [0.4, 0.5) is 5.69 Å². The Bertz CT molecular complexity index is 611. The lowest BCUT2D eigenvalue weighted by Crippen LogP contribution is -2.08. The van der Waals surface area contributed by atoms with E-state index >= 15 is 0 Å². The molecule has 21 heavy (non-hydrogen) atoms. The molecule has 1 fully saturated rings. The molecule has 1 heterocycles. The summed E-state index contributed by atoms with van der Waals surface area (Å²) in [6.45, 7) is 0. The first-order valence-corrected chi connectivity index (χ1v) is 9.06. The van der Waals surface area contributed by atoms with Crippen LogP contribution in [-0.4, -0.2) is 15.4 Å². The molecule has 0 spiro atoms. The molecule has 3 rings (SSSR count). The minimum absolute atomic E-state index is 0.522. The first-order valence-electron chi connectivity index (χ1n) is 7.22. The van der Waals surface area contributed by atoms with Crippen molar-refractivity contribution in [3.63, 3.8) is 0 Å². The Labute approximate surface area is 137 Å². The maximum atomic E-state index is 5.81. The highest BCUT2D eigenvalue weighted by Gasteiger charge is 2.16. The quantitative estimate of drug-likeness (QED) is 0.796. The minimum atomic E-state index is 0.522. The zero-order chi connectivity index (χ0) is 14.7. The number of aromatic nitrogens is 2. The van der Waals surface area contributed by atoms with Gasteiger partial charge in [0.2, 0.25) is 0 Å². The molecule has 2 N–H and O–H groups in total. The van der Waals surface area contributed by atoms with Crippen LogP contribution in [0.25, 0.3) is 11.5 Å². The third-order valence-electron chi connectivity index (χ3n) is 3.69. The van der Waals surface area contributed by atoms with E-state index in [1.807, 2.05) is 30.0 Å². The van der Waals surface area contributed by atoms with Gasteiger partial charge in [0.25, 0.3) is 5.89 Å². The molecule has 1 aromatic carbocycles. The summed E-state index contributed by atoms with van der Waals surface area (Å²) in [5, 5.41) is 4.83. The van der Waals surface area contributed by atoms with Gasteiger partial charge in [-0.05, 0) is 47.0 Å². The van der Waals surface area contributed by atoms with Gasteiger partial charge in [0.15, 0.2) is 5.82 Å². The SMILES string of the molecule is Nc1ccc(Br)c(-c2nc(CSC3CCCCC3)no2)c1. The van der Waals surface area contributed by atoms with Gasteiger partial charge >= 0.3 is 0 Å². The molecule has 0 bridgehead atoms. The number of anilines is 1. The van der Waals surface area contributed by atoms with Crippen LogP contribution in [0.3, 0.4) is 0 Å². The van der Waals surface area contributed by atoms with E-state index in [1.54, 1.807) is 0 Å². The largest absolute Gasteiger partial charge is 0.399 e. The van der Waals surface area contributed by atoms with Crippen LogP contribution in [0.5, 0.6) is 0 Å². The molecule has 0 unspecified atom stereocenters. The minimum Gasteiger partial charge on any atom is -0.399 e. The van der Waals surface area contributed by atoms with Crippen molar-refractivity contribution in [1.29, 1.82) is 0 Å². The van der Waals surface area contributed by atoms with Gasteiger partial charge in [-0.15, -0.1) is 0 Å². The van der Waals surface area contributed by atoms with Gasteiger partial charge in [-0.25, -0.2) is 0 Å². The van der Waals surface area contributed by atoms with Gasteiger partial charge in [-0.3, -0.25) is 0 Å². The van der Waals surface area contributed by atoms with Crippen LogP contribution in [0.2, 0.25) is 0 Å². The highest BCUT2D eigenvalue weighted by Crippen LogP contribution is 2.32. The summed E-state index contributed by atoms with van der Waals surface area (Å²) in [4.78, 5) is 4.48. The van der Waals surface area contributed by atoms with Crippen molar-refractivity contribution < 1.29 is 4.52 Å². The lowest BCUT2D eigenvalue weighted by atomic mass is 10.0. The molecule has 4 nitrogen and oxygen atoms in total. The van der Waals surface area contributed by atoms with Crippen LogP contribution in [0.1, 0.15) is 37.9 Å². The van der Waals surface area contributed by atoms with Crippen molar-refractivity contribution in [3.05, 3.63) is 28.5 Å². The maximum absolute atomic E-state index is 5.81. The maximum Gasteiger partial charge on any atom is 0.259 e. The van der Waals surface area contributed by atoms with Gasteiger partial charge in [-0.2, -0.15) is 16.7 Å². The van der Waals surface area contributed by atoms with Crippen LogP contribution in [-0.2, 0) is 5.75 Å². The topological polar surface area (TPSA) is 64.9 Å². The summed E-state index contributed by atoms with van der Waals surface area (Å²) in [6, 6.07) is 5.57. The fourth-order valence-corrected chi connectivity index (χ4v) is 4.14. The summed E-state index contributed by atoms with van der Waals surface area (Å²) >= 11 is 5.43. The van der Waals surface area contributed by atoms with Crippen LogP contribution in [0.15, 0.2) is 27.2 Å². The predicted octanol–water partition coefficient (Wildman–Crippen LogP) is 4.65. The molecule has 1 aliphatic carbocycles. The highest BCUT2D eigenvalue weighted by molar-refractivity contribution is 9.10. The third-order valence-corrected chi connectivity index (χ3v) is 5.75. The van der Waals surface area contributed by atoms with Gasteiger partial charge in [0.05, 0.1) is 11.3 Å². The van der Waals surface area contributed by atoms with E-state index in [2.05, 4.69) is 26.1 Å². The second-order valence-corrected chi connectivity index (χ2v) is 7.47. The molecular formula is C15H18BrN3OS. The normalized spacial score (nSPS) is 16.2. The van der Waals surface area contributed by atoms with Crippen molar-refractivity contribution in [2.75, 3.05) is 5.73 Å². The van der Waals surface area contributed by atoms with Crippen molar-refractivity contribution in [3.8, 4) is 11.5 Å². The Morgan fingerprint density at radius 3 is 2.90 bits per heavy atom. The van der Waals surface area contributed by atoms with Gasteiger partial charge in [-0.1, -0.05) is 24.4 Å². The number of rotatable bonds is 4. The Hall–Kier alpha value is -1.01. The van der Waals surface area contributed by atoms with E-state index in [4.69, 9.17) is 10.3 Å². The Morgan fingerprint density at radius 1 is 1.29 bits per heavy atom. The monoisotopic (exact) mass is 367 g/mol. The number of hydrogen-bond acceptors (Lipinski definition) is 5. The Balaban J connectivity index is 1.66. The van der Waals surface area contributed by atoms with E-state index in [1.165, 1.54) is 32.1 Å². The van der Waals surface area contributed by atoms with Crippen molar-refractivity contribution in [2.45, 2.75) is 43.1 Å². The number of benzene rings is 1. The average molecular weight is 368 g/mol. The van der Waals surface area contributed by atoms with Crippen molar-refractivity contribution >= 4 is 33.4 Å². The van der Waals surface area contributed by atoms with E-state index in [0.717, 1.165) is 26.9 Å². The molecular weight excluding hydrogens is 350 g/mol. The standard InChI is InChI=1S/C15H18BrN3OS/c16-13-7-6-10(17)8-12(13)15-18-14(19-20-15)9-21-11-4-2-1-3-5-11/h6-8,11H,1-5,9,17H2. The zero-order valence-electron chi connectivity index (χ0n) is 11.7. The van der Waals surface area contributed by atoms with E-state index in [-0.39, 0.29) is 0 Å². The molecule has 6 heteroatoms. The summed E-state index contributed by atoms with van der Waals surface area (Å²) in [6.07, 6.45) is 6.72. The molecule has 112 valence electrons. The number of nitrogens with zero attached hydrogens (tertiary/aromatic N) is 2. The highest BCUT2D eigenvalue weighted by atomic mass is 79.9. The molecule has 1 saturated carbocycles. The lowest BCUT2D eigenvalue weighted by Gasteiger charge is -2.19. The molecule has 1 aromatic heterocycles. The van der Waals surface area contributed by atoms with Gasteiger partial charge in [0, 0.05) is 15.4 Å². The molecule has 0 atom stereocenters. The van der Waals surface area contributed by atoms with Crippen LogP contribution < -0.4 is 5.73 Å². The first-order chi connectivity index (χ1) is 10.2.